The van der Waals surface area contributed by atoms with E-state index >= 15 is 0 Å². The van der Waals surface area contributed by atoms with Crippen LogP contribution in [0.4, 0.5) is 10.7 Å². The fourth-order valence-corrected chi connectivity index (χ4v) is 8.91. The van der Waals surface area contributed by atoms with Crippen LogP contribution in [0.25, 0.3) is 10.1 Å². The van der Waals surface area contributed by atoms with Crippen molar-refractivity contribution in [2.45, 2.75) is 64.2 Å². The molecule has 0 aliphatic carbocycles. The van der Waals surface area contributed by atoms with Crippen LogP contribution >= 0.6 is 23.4 Å². The fourth-order valence-electron chi connectivity index (χ4n) is 6.77. The maximum atomic E-state index is 11.7. The van der Waals surface area contributed by atoms with Crippen LogP contribution in [0, 0.1) is 0 Å². The van der Waals surface area contributed by atoms with Gasteiger partial charge in [0.05, 0.1) is 11.2 Å². The molecule has 5 rings (SSSR count). The van der Waals surface area contributed by atoms with Crippen LogP contribution in [-0.4, -0.2) is 52.4 Å². The van der Waals surface area contributed by atoms with Crippen molar-refractivity contribution < 1.29 is 22.1 Å². The summed E-state index contributed by atoms with van der Waals surface area (Å²) in [4.78, 5) is 2.37. The van der Waals surface area contributed by atoms with E-state index in [1.54, 1.807) is 11.3 Å². The van der Waals surface area contributed by atoms with Crippen LogP contribution in [0.15, 0.2) is 72.5 Å². The Bertz CT molecular complexity index is 1670. The Morgan fingerprint density at radius 3 is 2.55 bits per heavy atom. The molecule has 1 aromatic heterocycles. The summed E-state index contributed by atoms with van der Waals surface area (Å²) in [6.07, 6.45) is 9.39. The lowest BCUT2D eigenvalue weighted by Gasteiger charge is -2.31. The van der Waals surface area contributed by atoms with Gasteiger partial charge in [-0.05, 0) is 69.6 Å². The smallest absolute Gasteiger partial charge is 0.264 e. The molecule has 2 aliphatic heterocycles. The lowest BCUT2D eigenvalue weighted by Crippen LogP contribution is -2.30. The molecule has 0 fully saturated rings. The minimum absolute atomic E-state index is 0.137. The highest BCUT2D eigenvalue weighted by atomic mass is 32.2. The van der Waals surface area contributed by atoms with Crippen LogP contribution in [0.3, 0.4) is 0 Å². The number of nitrogens with zero attached hydrogens (tertiary/aromatic N) is 2. The molecule has 0 amide bonds. The van der Waals surface area contributed by atoms with Gasteiger partial charge in [0.15, 0.2) is 5.71 Å². The van der Waals surface area contributed by atoms with Gasteiger partial charge < -0.3 is 9.45 Å². The van der Waals surface area contributed by atoms with Crippen LogP contribution in [-0.2, 0) is 20.9 Å². The zero-order valence-electron chi connectivity index (χ0n) is 24.8. The maximum absolute atomic E-state index is 11.7. The van der Waals surface area contributed by atoms with E-state index in [9.17, 15) is 17.5 Å². The molecular weight excluding hydrogens is 585 g/mol. The molecule has 9 heteroatoms. The van der Waals surface area contributed by atoms with Gasteiger partial charge in [0.1, 0.15) is 11.5 Å². The van der Waals surface area contributed by atoms with Crippen molar-refractivity contribution in [3.8, 4) is 0 Å². The number of benzene rings is 2. The first-order valence-electron chi connectivity index (χ1n) is 14.7. The Hall–Kier alpha value is -2.43. The summed E-state index contributed by atoms with van der Waals surface area (Å²) in [7, 11) is -4.06. The second-order valence-corrected chi connectivity index (χ2v) is 15.2. The molecule has 3 heterocycles. The number of anilines is 1. The summed E-state index contributed by atoms with van der Waals surface area (Å²) in [5.74, 6) is 0.371. The number of hydrogen-bond acceptors (Lipinski definition) is 6. The van der Waals surface area contributed by atoms with Crippen molar-refractivity contribution in [1.29, 1.82) is 0 Å². The van der Waals surface area contributed by atoms with Crippen molar-refractivity contribution in [3.05, 3.63) is 83.6 Å². The standard InChI is InChI=1S/C33H40N2O4S3/c1-5-20-34-26-15-8-7-14-25(26)32(2,3)28(34)17-10-18-29-33(4,19-11-23-42(37,38)39)30-24-13-6-9-16-27(24)41-31(30)35(29)21-12-22-40-36/h6-10,13-18H,5,11-12,19-23H2,1-4H3,(H-,36,37,38,39)/p+1. The Morgan fingerprint density at radius 2 is 1.81 bits per heavy atom. The highest BCUT2D eigenvalue weighted by Gasteiger charge is 2.46. The summed E-state index contributed by atoms with van der Waals surface area (Å²) in [5, 5.41) is 2.37. The van der Waals surface area contributed by atoms with Crippen molar-refractivity contribution in [1.82, 2.24) is 0 Å². The van der Waals surface area contributed by atoms with Gasteiger partial charge in [-0.15, -0.1) is 11.3 Å². The van der Waals surface area contributed by atoms with Gasteiger partial charge in [-0.2, -0.15) is 13.0 Å². The number of thiophene rings is 1. The number of fused-ring (bicyclic) bond motifs is 4. The lowest BCUT2D eigenvalue weighted by molar-refractivity contribution is -0.437. The number of hydrogen-bond donors (Lipinski definition) is 2. The highest BCUT2D eigenvalue weighted by molar-refractivity contribution is 7.93. The molecule has 2 N–H and O–H groups in total. The minimum atomic E-state index is -4.06. The van der Waals surface area contributed by atoms with Crippen LogP contribution in [0.1, 0.15) is 64.5 Å². The first-order chi connectivity index (χ1) is 20.0. The van der Waals surface area contributed by atoms with E-state index < -0.39 is 15.5 Å². The first-order valence-corrected chi connectivity index (χ1v) is 18.0. The number of rotatable bonds is 12. The predicted octanol–water partition coefficient (Wildman–Crippen LogP) is 8.17. The molecule has 224 valence electrons. The monoisotopic (exact) mass is 625 g/mol. The Kier molecular flexibility index (Phi) is 9.07. The second-order valence-electron chi connectivity index (χ2n) is 11.9. The molecule has 0 radical (unpaired) electrons. The predicted molar refractivity (Wildman–Crippen MR) is 179 cm³/mol. The topological polar surface area (TPSA) is 80.8 Å². The molecule has 1 atom stereocenters. The molecule has 42 heavy (non-hydrogen) atoms. The van der Waals surface area contributed by atoms with Crippen molar-refractivity contribution in [3.63, 3.8) is 0 Å². The Morgan fingerprint density at radius 1 is 1.07 bits per heavy atom. The summed E-state index contributed by atoms with van der Waals surface area (Å²) in [6, 6.07) is 17.1. The molecule has 0 spiro atoms. The van der Waals surface area contributed by atoms with E-state index in [-0.39, 0.29) is 11.2 Å². The van der Waals surface area contributed by atoms with Crippen LogP contribution < -0.4 is 4.90 Å². The van der Waals surface area contributed by atoms with Crippen molar-refractivity contribution in [2.75, 3.05) is 29.5 Å². The van der Waals surface area contributed by atoms with E-state index in [4.69, 9.17) is 0 Å². The second kappa shape index (κ2) is 12.3. The first kappa shape index (κ1) is 31.0. The zero-order chi connectivity index (χ0) is 30.1. The van der Waals surface area contributed by atoms with Gasteiger partial charge in [0.25, 0.3) is 10.1 Å². The fraction of sp³-hybridized carbons (Fsp3) is 0.424. The van der Waals surface area contributed by atoms with E-state index in [0.717, 1.165) is 43.7 Å². The van der Waals surface area contributed by atoms with Gasteiger partial charge in [0, 0.05) is 57.8 Å². The van der Waals surface area contributed by atoms with Gasteiger partial charge >= 0.3 is 0 Å². The highest BCUT2D eigenvalue weighted by Crippen LogP contribution is 2.57. The average Bonchev–Trinajstić information content (AvgIpc) is 3.50. The van der Waals surface area contributed by atoms with E-state index in [0.29, 0.717) is 18.6 Å². The third kappa shape index (κ3) is 5.74. The molecule has 0 saturated carbocycles. The molecule has 0 saturated heterocycles. The summed E-state index contributed by atoms with van der Waals surface area (Å²) < 4.78 is 46.0. The number of allylic oxidation sites excluding steroid dienone is 4. The molecule has 2 aromatic carbocycles. The largest absolute Gasteiger partial charge is 0.336 e. The minimum Gasteiger partial charge on any atom is -0.336 e. The third-order valence-electron chi connectivity index (χ3n) is 8.68. The van der Waals surface area contributed by atoms with Gasteiger partial charge in [-0.1, -0.05) is 49.4 Å². The average molecular weight is 626 g/mol. The van der Waals surface area contributed by atoms with Gasteiger partial charge in [-0.3, -0.25) is 4.55 Å². The third-order valence-corrected chi connectivity index (χ3v) is 11.2. The van der Waals surface area contributed by atoms with Crippen molar-refractivity contribution >= 4 is 60.0 Å². The number of para-hydroxylation sites is 1. The molecule has 0 bridgehead atoms. The summed E-state index contributed by atoms with van der Waals surface area (Å²) in [5.41, 5.74) is 5.63. The van der Waals surface area contributed by atoms with E-state index in [1.165, 1.54) is 37.6 Å². The van der Waals surface area contributed by atoms with Gasteiger partial charge in [0.2, 0.25) is 5.69 Å². The lowest BCUT2D eigenvalue weighted by atomic mass is 9.77. The Labute approximate surface area is 258 Å². The maximum Gasteiger partial charge on any atom is 0.264 e. The van der Waals surface area contributed by atoms with Crippen LogP contribution in [0.5, 0.6) is 0 Å². The van der Waals surface area contributed by atoms with E-state index in [1.807, 2.05) is 0 Å². The molecule has 1 unspecified atom stereocenters. The van der Waals surface area contributed by atoms with Crippen LogP contribution in [0.2, 0.25) is 0 Å². The summed E-state index contributed by atoms with van der Waals surface area (Å²) >= 11 is 2.63. The van der Waals surface area contributed by atoms with Crippen molar-refractivity contribution in [2.24, 2.45) is 0 Å². The summed E-state index contributed by atoms with van der Waals surface area (Å²) in [6.45, 7) is 10.7. The molecular formula is C33H41N2O4S3+. The quantitative estimate of drug-likeness (QED) is 0.0915. The Balaban J connectivity index is 1.61. The van der Waals surface area contributed by atoms with E-state index in [2.05, 4.69) is 104 Å². The molecule has 6 nitrogen and oxygen atoms in total. The molecule has 3 aromatic rings. The zero-order valence-corrected chi connectivity index (χ0v) is 27.3. The molecule has 2 aliphatic rings. The SMILES string of the molecule is CCC[N+]1=C(/C=C/C=C2\N(CCCSO)c3sc4ccccc4c3C2(C)CCCS(=O)(=O)O)C(C)(C)c2ccccc21. The normalized spacial score (nSPS) is 20.8. The van der Waals surface area contributed by atoms with Gasteiger partial charge in [-0.25, -0.2) is 0 Å².